The summed E-state index contributed by atoms with van der Waals surface area (Å²) >= 11 is 0. The van der Waals surface area contributed by atoms with Crippen LogP contribution >= 0.6 is 0 Å². The van der Waals surface area contributed by atoms with Crippen molar-refractivity contribution >= 4 is 5.97 Å². The monoisotopic (exact) mass is 245 g/mol. The Hall–Kier alpha value is -0.650. The van der Waals surface area contributed by atoms with Crippen LogP contribution in [-0.4, -0.2) is 59.5 Å². The molecule has 1 heterocycles. The Morgan fingerprint density at radius 1 is 1.41 bits per heavy atom. The first kappa shape index (κ1) is 14.4. The summed E-state index contributed by atoms with van der Waals surface area (Å²) in [4.78, 5) is 13.6. The molecule has 1 aliphatic rings. The van der Waals surface area contributed by atoms with Gasteiger partial charge in [0, 0.05) is 19.6 Å². The van der Waals surface area contributed by atoms with Crippen molar-refractivity contribution in [2.45, 2.75) is 32.3 Å². The molecule has 0 aromatic heterocycles. The molecule has 0 bridgehead atoms. The second-order valence-corrected chi connectivity index (χ2v) is 5.07. The van der Waals surface area contributed by atoms with E-state index in [9.17, 15) is 9.90 Å². The minimum absolute atomic E-state index is 0.0937. The first-order valence-corrected chi connectivity index (χ1v) is 6.21. The highest BCUT2D eigenvalue weighted by Crippen LogP contribution is 2.27. The van der Waals surface area contributed by atoms with E-state index in [0.29, 0.717) is 18.8 Å². The van der Waals surface area contributed by atoms with Crippen LogP contribution in [-0.2, 0) is 9.53 Å². The van der Waals surface area contributed by atoms with Gasteiger partial charge in [-0.15, -0.1) is 0 Å². The second kappa shape index (κ2) is 6.33. The number of rotatable bonds is 6. The van der Waals surface area contributed by atoms with E-state index in [1.807, 2.05) is 0 Å². The molecule has 1 rings (SSSR count). The fraction of sp³-hybridized carbons (Fsp3) is 0.917. The van der Waals surface area contributed by atoms with Gasteiger partial charge in [-0.25, -0.2) is 4.79 Å². The highest BCUT2D eigenvalue weighted by atomic mass is 16.5. The average molecular weight is 245 g/mol. The molecule has 0 aliphatic carbocycles. The minimum atomic E-state index is -1.09. The van der Waals surface area contributed by atoms with Crippen LogP contribution in [0.4, 0.5) is 0 Å². The number of aliphatic carboxylic acids is 1. The molecule has 0 spiro atoms. The van der Waals surface area contributed by atoms with Gasteiger partial charge in [0.15, 0.2) is 5.60 Å². The molecule has 100 valence electrons. The standard InChI is InChI=1S/C12H23NO4/c1-10(2)9-13-5-3-12(4-6-13,11(15)16)17-8-7-14/h10,14H,3-9H2,1-2H3,(H,15,16). The number of carboxylic acids is 1. The van der Waals surface area contributed by atoms with E-state index < -0.39 is 11.6 Å². The van der Waals surface area contributed by atoms with E-state index in [1.165, 1.54) is 0 Å². The van der Waals surface area contributed by atoms with Gasteiger partial charge in [0.25, 0.3) is 0 Å². The lowest BCUT2D eigenvalue weighted by molar-refractivity contribution is -0.174. The number of hydrogen-bond donors (Lipinski definition) is 2. The molecule has 0 aromatic rings. The van der Waals surface area contributed by atoms with Gasteiger partial charge < -0.3 is 19.8 Å². The maximum Gasteiger partial charge on any atom is 0.336 e. The number of likely N-dealkylation sites (tertiary alicyclic amines) is 1. The van der Waals surface area contributed by atoms with Crippen LogP contribution < -0.4 is 0 Å². The quantitative estimate of drug-likeness (QED) is 0.716. The third kappa shape index (κ3) is 3.94. The molecule has 0 radical (unpaired) electrons. The van der Waals surface area contributed by atoms with Crippen LogP contribution in [0.25, 0.3) is 0 Å². The molecule has 1 saturated heterocycles. The van der Waals surface area contributed by atoms with Gasteiger partial charge in [-0.3, -0.25) is 0 Å². The summed E-state index contributed by atoms with van der Waals surface area (Å²) in [7, 11) is 0. The molecule has 5 nitrogen and oxygen atoms in total. The summed E-state index contributed by atoms with van der Waals surface area (Å²) in [6.07, 6.45) is 0.990. The van der Waals surface area contributed by atoms with E-state index in [-0.39, 0.29) is 13.2 Å². The normalized spacial score (nSPS) is 20.7. The van der Waals surface area contributed by atoms with Crippen LogP contribution in [0.1, 0.15) is 26.7 Å². The predicted octanol–water partition coefficient (Wildman–Crippen LogP) is 0.570. The summed E-state index contributed by atoms with van der Waals surface area (Å²) < 4.78 is 5.36. The minimum Gasteiger partial charge on any atom is -0.479 e. The van der Waals surface area contributed by atoms with Gasteiger partial charge in [-0.05, 0) is 18.8 Å². The zero-order valence-corrected chi connectivity index (χ0v) is 10.7. The summed E-state index contributed by atoms with van der Waals surface area (Å²) in [5.41, 5.74) is -1.09. The number of carboxylic acid groups (broad SMARTS) is 1. The Morgan fingerprint density at radius 2 is 2.00 bits per heavy atom. The number of piperidine rings is 1. The molecule has 2 N–H and O–H groups in total. The zero-order valence-electron chi connectivity index (χ0n) is 10.7. The number of hydrogen-bond acceptors (Lipinski definition) is 4. The van der Waals surface area contributed by atoms with Crippen molar-refractivity contribution in [2.24, 2.45) is 5.92 Å². The van der Waals surface area contributed by atoms with Crippen molar-refractivity contribution < 1.29 is 19.7 Å². The van der Waals surface area contributed by atoms with Crippen molar-refractivity contribution in [3.8, 4) is 0 Å². The van der Waals surface area contributed by atoms with Crippen LogP contribution in [0, 0.1) is 5.92 Å². The van der Waals surface area contributed by atoms with E-state index >= 15 is 0 Å². The fourth-order valence-corrected chi connectivity index (χ4v) is 2.27. The molecule has 0 saturated carbocycles. The van der Waals surface area contributed by atoms with Crippen molar-refractivity contribution in [3.05, 3.63) is 0 Å². The number of nitrogens with zero attached hydrogens (tertiary/aromatic N) is 1. The molecular formula is C12H23NO4. The third-order valence-electron chi connectivity index (χ3n) is 3.15. The maximum atomic E-state index is 11.3. The van der Waals surface area contributed by atoms with Gasteiger partial charge in [0.2, 0.25) is 0 Å². The molecular weight excluding hydrogens is 222 g/mol. The zero-order chi connectivity index (χ0) is 12.9. The first-order valence-electron chi connectivity index (χ1n) is 6.21. The SMILES string of the molecule is CC(C)CN1CCC(OCCO)(C(=O)O)CC1. The summed E-state index contributed by atoms with van der Waals surface area (Å²) in [6.45, 7) is 6.76. The second-order valence-electron chi connectivity index (χ2n) is 5.07. The maximum absolute atomic E-state index is 11.3. The van der Waals surface area contributed by atoms with E-state index in [4.69, 9.17) is 9.84 Å². The van der Waals surface area contributed by atoms with Crippen molar-refractivity contribution in [2.75, 3.05) is 32.8 Å². The van der Waals surface area contributed by atoms with Crippen LogP contribution in [0.2, 0.25) is 0 Å². The molecule has 1 aliphatic heterocycles. The van der Waals surface area contributed by atoms with Gasteiger partial charge in [0.1, 0.15) is 0 Å². The summed E-state index contributed by atoms with van der Waals surface area (Å²) in [5.74, 6) is -0.319. The Balaban J connectivity index is 2.52. The average Bonchev–Trinajstić information content (AvgIpc) is 2.27. The molecule has 0 unspecified atom stereocenters. The van der Waals surface area contributed by atoms with Crippen LogP contribution in [0.3, 0.4) is 0 Å². The highest BCUT2D eigenvalue weighted by molar-refractivity contribution is 5.77. The van der Waals surface area contributed by atoms with Gasteiger partial charge >= 0.3 is 5.97 Å². The number of aliphatic hydroxyl groups is 1. The molecule has 5 heteroatoms. The van der Waals surface area contributed by atoms with E-state index in [0.717, 1.165) is 19.6 Å². The lowest BCUT2D eigenvalue weighted by Crippen LogP contribution is -2.52. The third-order valence-corrected chi connectivity index (χ3v) is 3.15. The lowest BCUT2D eigenvalue weighted by atomic mass is 9.90. The number of ether oxygens (including phenoxy) is 1. The van der Waals surface area contributed by atoms with Gasteiger partial charge in [-0.2, -0.15) is 0 Å². The number of aliphatic hydroxyl groups excluding tert-OH is 1. The van der Waals surface area contributed by atoms with Crippen molar-refractivity contribution in [3.63, 3.8) is 0 Å². The van der Waals surface area contributed by atoms with Crippen molar-refractivity contribution in [1.82, 2.24) is 4.90 Å². The lowest BCUT2D eigenvalue weighted by Gasteiger charge is -2.39. The summed E-state index contributed by atoms with van der Waals surface area (Å²) in [6, 6.07) is 0. The smallest absolute Gasteiger partial charge is 0.336 e. The molecule has 0 aromatic carbocycles. The van der Waals surface area contributed by atoms with Crippen LogP contribution in [0.5, 0.6) is 0 Å². The van der Waals surface area contributed by atoms with E-state index in [2.05, 4.69) is 18.7 Å². The summed E-state index contributed by atoms with van der Waals surface area (Å²) in [5, 5.41) is 18.0. The van der Waals surface area contributed by atoms with Gasteiger partial charge in [-0.1, -0.05) is 13.8 Å². The van der Waals surface area contributed by atoms with E-state index in [1.54, 1.807) is 0 Å². The topological polar surface area (TPSA) is 70.0 Å². The molecule has 17 heavy (non-hydrogen) atoms. The Labute approximate surface area is 102 Å². The Bertz CT molecular complexity index is 247. The first-order chi connectivity index (χ1) is 8.00. The fourth-order valence-electron chi connectivity index (χ4n) is 2.27. The molecule has 0 atom stereocenters. The highest BCUT2D eigenvalue weighted by Gasteiger charge is 2.42. The predicted molar refractivity (Wildman–Crippen MR) is 63.9 cm³/mol. The van der Waals surface area contributed by atoms with Crippen LogP contribution in [0.15, 0.2) is 0 Å². The van der Waals surface area contributed by atoms with Gasteiger partial charge in [0.05, 0.1) is 13.2 Å². The Morgan fingerprint density at radius 3 is 2.41 bits per heavy atom. The Kier molecular flexibility index (Phi) is 5.36. The molecule has 0 amide bonds. The largest absolute Gasteiger partial charge is 0.479 e. The number of carbonyl (C=O) groups is 1. The van der Waals surface area contributed by atoms with Crippen molar-refractivity contribution in [1.29, 1.82) is 0 Å². The molecule has 1 fully saturated rings.